The van der Waals surface area contributed by atoms with Crippen molar-refractivity contribution < 1.29 is 19.1 Å². The van der Waals surface area contributed by atoms with E-state index in [-0.39, 0.29) is 12.6 Å². The maximum absolute atomic E-state index is 11.9. The average Bonchev–Trinajstić information content (AvgIpc) is 3.27. The first-order valence-electron chi connectivity index (χ1n) is 6.75. The van der Waals surface area contributed by atoms with E-state index in [9.17, 15) is 14.4 Å². The number of hydrogen-bond acceptors (Lipinski definition) is 5. The van der Waals surface area contributed by atoms with E-state index in [1.54, 1.807) is 24.3 Å². The van der Waals surface area contributed by atoms with Gasteiger partial charge < -0.3 is 9.64 Å². The molecule has 1 aliphatic heterocycles. The third-order valence-electron chi connectivity index (χ3n) is 3.15. The molecule has 1 aromatic rings. The van der Waals surface area contributed by atoms with Crippen LogP contribution in [0.2, 0.25) is 0 Å². The molecule has 7 nitrogen and oxygen atoms in total. The lowest BCUT2D eigenvalue weighted by Crippen LogP contribution is -2.34. The minimum atomic E-state index is -0.560. The molecule has 0 spiro atoms. The number of hydrogen-bond donors (Lipinski definition) is 1. The van der Waals surface area contributed by atoms with Crippen LogP contribution in [0.1, 0.15) is 22.8 Å². The minimum absolute atomic E-state index is 0.282. The Bertz CT molecular complexity index is 633. The third kappa shape index (κ3) is 4.06. The van der Waals surface area contributed by atoms with E-state index < -0.39 is 18.0 Å². The molecule has 114 valence electrons. The van der Waals surface area contributed by atoms with Gasteiger partial charge in [-0.25, -0.2) is 4.79 Å². The van der Waals surface area contributed by atoms with E-state index >= 15 is 0 Å². The van der Waals surface area contributed by atoms with Gasteiger partial charge in [0.1, 0.15) is 6.04 Å². The highest BCUT2D eigenvalue weighted by molar-refractivity contribution is 6.04. The van der Waals surface area contributed by atoms with Crippen LogP contribution in [0.25, 0.3) is 0 Å². The molecule has 1 saturated heterocycles. The summed E-state index contributed by atoms with van der Waals surface area (Å²) in [6.45, 7) is 1.98. The van der Waals surface area contributed by atoms with Gasteiger partial charge in [0.15, 0.2) is 0 Å². The number of carbonyl (C=O) groups is 3. The number of rotatable bonds is 4. The SMILES string of the molecule is CC(=O)OCCc1ccc(C(=O)NC(=O)N2CC2C#N)cc1. The number of amides is 3. The minimum Gasteiger partial charge on any atom is -0.466 e. The van der Waals surface area contributed by atoms with Crippen LogP contribution >= 0.6 is 0 Å². The van der Waals surface area contributed by atoms with Gasteiger partial charge in [-0.15, -0.1) is 0 Å². The van der Waals surface area contributed by atoms with Crippen molar-refractivity contribution >= 4 is 17.9 Å². The summed E-state index contributed by atoms with van der Waals surface area (Å²) in [7, 11) is 0. The zero-order valence-corrected chi connectivity index (χ0v) is 12.0. The maximum atomic E-state index is 11.9. The van der Waals surface area contributed by atoms with Crippen molar-refractivity contribution in [2.75, 3.05) is 13.2 Å². The summed E-state index contributed by atoms with van der Waals surface area (Å²) in [5.41, 5.74) is 1.26. The molecule has 1 unspecified atom stereocenters. The number of ether oxygens (including phenoxy) is 1. The first kappa shape index (κ1) is 15.5. The predicted octanol–water partition coefficient (Wildman–Crippen LogP) is 0.850. The smallest absolute Gasteiger partial charge is 0.325 e. The molecule has 0 aromatic heterocycles. The van der Waals surface area contributed by atoms with Gasteiger partial charge in [-0.05, 0) is 17.7 Å². The van der Waals surface area contributed by atoms with Gasteiger partial charge in [-0.3, -0.25) is 14.9 Å². The summed E-state index contributed by atoms with van der Waals surface area (Å²) < 4.78 is 4.84. The molecule has 0 saturated carbocycles. The highest BCUT2D eigenvalue weighted by Gasteiger charge is 2.39. The van der Waals surface area contributed by atoms with Gasteiger partial charge in [-0.1, -0.05) is 12.1 Å². The zero-order chi connectivity index (χ0) is 16.1. The van der Waals surface area contributed by atoms with E-state index in [1.807, 2.05) is 6.07 Å². The van der Waals surface area contributed by atoms with Crippen LogP contribution in [0.15, 0.2) is 24.3 Å². The Labute approximate surface area is 127 Å². The summed E-state index contributed by atoms with van der Waals surface area (Å²) in [4.78, 5) is 35.4. The second-order valence-corrected chi connectivity index (χ2v) is 4.84. The molecule has 3 amide bonds. The second kappa shape index (κ2) is 6.72. The number of nitrogens with zero attached hydrogens (tertiary/aromatic N) is 2. The molecule has 7 heteroatoms. The largest absolute Gasteiger partial charge is 0.466 e. The molecule has 2 rings (SSSR count). The molecule has 1 atom stereocenters. The van der Waals surface area contributed by atoms with E-state index in [4.69, 9.17) is 10.00 Å². The second-order valence-electron chi connectivity index (χ2n) is 4.84. The molecule has 22 heavy (non-hydrogen) atoms. The molecule has 0 bridgehead atoms. The topological polar surface area (TPSA) is 99.3 Å². The summed E-state index contributed by atoms with van der Waals surface area (Å²) in [5.74, 6) is -0.847. The van der Waals surface area contributed by atoms with E-state index in [2.05, 4.69) is 5.32 Å². The Balaban J connectivity index is 1.84. The zero-order valence-electron chi connectivity index (χ0n) is 12.0. The molecule has 1 aromatic carbocycles. The van der Waals surface area contributed by atoms with Crippen LogP contribution in [-0.4, -0.2) is 42.0 Å². The van der Waals surface area contributed by atoms with Crippen LogP contribution < -0.4 is 5.32 Å². The third-order valence-corrected chi connectivity index (χ3v) is 3.15. The van der Waals surface area contributed by atoms with Crippen molar-refractivity contribution in [1.82, 2.24) is 10.2 Å². The Morgan fingerprint density at radius 1 is 1.36 bits per heavy atom. The fourth-order valence-corrected chi connectivity index (χ4v) is 1.85. The quantitative estimate of drug-likeness (QED) is 0.656. The van der Waals surface area contributed by atoms with Crippen LogP contribution in [0, 0.1) is 11.3 Å². The van der Waals surface area contributed by atoms with Crippen LogP contribution in [0.3, 0.4) is 0 Å². The molecule has 1 fully saturated rings. The number of nitrogens with one attached hydrogen (secondary N) is 1. The maximum Gasteiger partial charge on any atom is 0.325 e. The Morgan fingerprint density at radius 2 is 2.05 bits per heavy atom. The number of carbonyl (C=O) groups excluding carboxylic acids is 3. The normalized spacial score (nSPS) is 15.6. The van der Waals surface area contributed by atoms with Gasteiger partial charge >= 0.3 is 12.0 Å². The number of imide groups is 1. The lowest BCUT2D eigenvalue weighted by Gasteiger charge is -2.06. The monoisotopic (exact) mass is 301 g/mol. The number of esters is 1. The van der Waals surface area contributed by atoms with Crippen LogP contribution in [0.4, 0.5) is 4.79 Å². The molecule has 0 aliphatic carbocycles. The van der Waals surface area contributed by atoms with E-state index in [0.717, 1.165) is 5.56 Å². The number of urea groups is 1. The predicted molar refractivity (Wildman–Crippen MR) is 75.7 cm³/mol. The van der Waals surface area contributed by atoms with Crippen LogP contribution in [-0.2, 0) is 16.0 Å². The van der Waals surface area contributed by atoms with Gasteiger partial charge in [0.05, 0.1) is 19.2 Å². The molecule has 1 N–H and O–H groups in total. The van der Waals surface area contributed by atoms with Crippen molar-refractivity contribution in [2.45, 2.75) is 19.4 Å². The summed E-state index contributed by atoms with van der Waals surface area (Å²) in [5, 5.41) is 10.9. The summed E-state index contributed by atoms with van der Waals surface area (Å²) in [6.07, 6.45) is 0.554. The average molecular weight is 301 g/mol. The van der Waals surface area contributed by atoms with Crippen molar-refractivity contribution in [3.05, 3.63) is 35.4 Å². The Hall–Kier alpha value is -2.88. The number of benzene rings is 1. The van der Waals surface area contributed by atoms with Gasteiger partial charge in [0.25, 0.3) is 5.91 Å². The van der Waals surface area contributed by atoms with Gasteiger partial charge in [-0.2, -0.15) is 5.26 Å². The van der Waals surface area contributed by atoms with Crippen LogP contribution in [0.5, 0.6) is 0 Å². The van der Waals surface area contributed by atoms with Crippen molar-refractivity contribution in [1.29, 1.82) is 5.26 Å². The Morgan fingerprint density at radius 3 is 2.59 bits per heavy atom. The van der Waals surface area contributed by atoms with E-state index in [0.29, 0.717) is 18.5 Å². The van der Waals surface area contributed by atoms with E-state index in [1.165, 1.54) is 11.8 Å². The number of nitriles is 1. The summed E-state index contributed by atoms with van der Waals surface area (Å²) in [6, 6.07) is 7.60. The first-order valence-corrected chi connectivity index (χ1v) is 6.75. The Kier molecular flexibility index (Phi) is 4.73. The van der Waals surface area contributed by atoms with Crippen molar-refractivity contribution in [2.24, 2.45) is 0 Å². The molecular formula is C15H15N3O4. The fourth-order valence-electron chi connectivity index (χ4n) is 1.85. The van der Waals surface area contributed by atoms with Crippen molar-refractivity contribution in [3.63, 3.8) is 0 Å². The highest BCUT2D eigenvalue weighted by atomic mass is 16.5. The standard InChI is InChI=1S/C15H15N3O4/c1-10(19)22-7-6-11-2-4-12(5-3-11)14(20)17-15(21)18-9-13(18)8-16/h2-5,13H,6-7,9H2,1H3,(H,17,20,21). The molecular weight excluding hydrogens is 286 g/mol. The highest BCUT2D eigenvalue weighted by Crippen LogP contribution is 2.15. The lowest BCUT2D eigenvalue weighted by molar-refractivity contribution is -0.140. The van der Waals surface area contributed by atoms with Gasteiger partial charge in [0.2, 0.25) is 0 Å². The molecule has 1 heterocycles. The van der Waals surface area contributed by atoms with Gasteiger partial charge in [0, 0.05) is 18.9 Å². The lowest BCUT2D eigenvalue weighted by atomic mass is 10.1. The molecule has 1 aliphatic rings. The fraction of sp³-hybridized carbons (Fsp3) is 0.333. The first-order chi connectivity index (χ1) is 10.5. The van der Waals surface area contributed by atoms with Crippen molar-refractivity contribution in [3.8, 4) is 6.07 Å². The molecule has 0 radical (unpaired) electrons. The summed E-state index contributed by atoms with van der Waals surface area (Å²) >= 11 is 0.